The second-order valence-corrected chi connectivity index (χ2v) is 4.30. The number of ether oxygens (including phenoxy) is 4. The molecule has 1 aliphatic rings. The topological polar surface area (TPSA) is 36.9 Å². The van der Waals surface area contributed by atoms with Crippen LogP contribution in [0.1, 0.15) is 26.2 Å². The van der Waals surface area contributed by atoms with Gasteiger partial charge in [-0.2, -0.15) is 0 Å². The van der Waals surface area contributed by atoms with Crippen molar-refractivity contribution in [2.75, 3.05) is 28.4 Å². The van der Waals surface area contributed by atoms with E-state index in [1.807, 2.05) is 12.2 Å². The molecule has 0 unspecified atom stereocenters. The van der Waals surface area contributed by atoms with Gasteiger partial charge in [-0.1, -0.05) is 19.8 Å². The van der Waals surface area contributed by atoms with Crippen molar-refractivity contribution in [1.29, 1.82) is 0 Å². The van der Waals surface area contributed by atoms with Crippen molar-refractivity contribution in [3.63, 3.8) is 0 Å². The summed E-state index contributed by atoms with van der Waals surface area (Å²) >= 11 is 0. The standard InChI is InChI=1S/C14H24O4/c1-6-7-8-11-9-12(15-2)14(17-4,18-5)13(10-11)16-3/h9-11H,6-8H2,1-5H3. The van der Waals surface area contributed by atoms with Crippen LogP contribution in [0.15, 0.2) is 23.7 Å². The van der Waals surface area contributed by atoms with Crippen molar-refractivity contribution in [1.82, 2.24) is 0 Å². The van der Waals surface area contributed by atoms with E-state index in [-0.39, 0.29) is 0 Å². The Bertz CT molecular complexity index is 292. The van der Waals surface area contributed by atoms with Crippen LogP contribution in [0.3, 0.4) is 0 Å². The molecule has 0 saturated heterocycles. The van der Waals surface area contributed by atoms with E-state index in [0.717, 1.165) is 6.42 Å². The van der Waals surface area contributed by atoms with Crippen molar-refractivity contribution in [2.45, 2.75) is 32.0 Å². The predicted octanol–water partition coefficient (Wildman–Crippen LogP) is 2.86. The molecule has 0 aromatic carbocycles. The van der Waals surface area contributed by atoms with E-state index in [0.29, 0.717) is 17.4 Å². The molecule has 0 aromatic rings. The van der Waals surface area contributed by atoms with Gasteiger partial charge in [-0.05, 0) is 18.6 Å². The Kier molecular flexibility index (Phi) is 5.69. The second kappa shape index (κ2) is 6.81. The first-order chi connectivity index (χ1) is 8.68. The summed E-state index contributed by atoms with van der Waals surface area (Å²) in [5, 5.41) is 0. The summed E-state index contributed by atoms with van der Waals surface area (Å²) in [5.74, 6) is 0.542. The zero-order valence-electron chi connectivity index (χ0n) is 12.0. The van der Waals surface area contributed by atoms with Crippen LogP contribution in [-0.2, 0) is 18.9 Å². The molecule has 0 radical (unpaired) electrons. The van der Waals surface area contributed by atoms with Crippen molar-refractivity contribution in [2.24, 2.45) is 5.92 Å². The van der Waals surface area contributed by atoms with Gasteiger partial charge in [-0.25, -0.2) is 0 Å². The minimum atomic E-state index is -1.05. The largest absolute Gasteiger partial charge is 0.495 e. The molecule has 0 fully saturated rings. The van der Waals surface area contributed by atoms with E-state index in [1.165, 1.54) is 12.8 Å². The third-order valence-corrected chi connectivity index (χ3v) is 3.29. The van der Waals surface area contributed by atoms with E-state index in [9.17, 15) is 0 Å². The van der Waals surface area contributed by atoms with Gasteiger partial charge in [0, 0.05) is 20.1 Å². The van der Waals surface area contributed by atoms with Crippen molar-refractivity contribution < 1.29 is 18.9 Å². The Balaban J connectivity index is 3.04. The fourth-order valence-electron chi connectivity index (χ4n) is 2.27. The highest BCUT2D eigenvalue weighted by Gasteiger charge is 2.45. The maximum Gasteiger partial charge on any atom is 0.287 e. The van der Waals surface area contributed by atoms with Crippen LogP contribution in [0.2, 0.25) is 0 Å². The summed E-state index contributed by atoms with van der Waals surface area (Å²) in [6, 6.07) is 0. The number of unbranched alkanes of at least 4 members (excludes halogenated alkanes) is 1. The van der Waals surface area contributed by atoms with E-state index < -0.39 is 5.79 Å². The number of hydrogen-bond acceptors (Lipinski definition) is 4. The fourth-order valence-corrected chi connectivity index (χ4v) is 2.27. The van der Waals surface area contributed by atoms with E-state index in [2.05, 4.69) is 6.92 Å². The summed E-state index contributed by atoms with van der Waals surface area (Å²) in [7, 11) is 6.40. The van der Waals surface area contributed by atoms with E-state index in [1.54, 1.807) is 28.4 Å². The first-order valence-corrected chi connectivity index (χ1v) is 6.31. The van der Waals surface area contributed by atoms with Gasteiger partial charge < -0.3 is 18.9 Å². The highest BCUT2D eigenvalue weighted by molar-refractivity contribution is 5.29. The second-order valence-electron chi connectivity index (χ2n) is 4.30. The van der Waals surface area contributed by atoms with Crippen LogP contribution >= 0.6 is 0 Å². The number of allylic oxidation sites excluding steroid dienone is 2. The maximum absolute atomic E-state index is 5.48. The number of hydrogen-bond donors (Lipinski definition) is 0. The third-order valence-electron chi connectivity index (χ3n) is 3.29. The van der Waals surface area contributed by atoms with Gasteiger partial charge in [-0.15, -0.1) is 0 Å². The van der Waals surface area contributed by atoms with Crippen LogP contribution in [0.4, 0.5) is 0 Å². The molecule has 1 rings (SSSR count). The van der Waals surface area contributed by atoms with Crippen LogP contribution in [0.25, 0.3) is 0 Å². The maximum atomic E-state index is 5.48. The lowest BCUT2D eigenvalue weighted by Crippen LogP contribution is -2.42. The highest BCUT2D eigenvalue weighted by Crippen LogP contribution is 2.38. The molecule has 4 heteroatoms. The normalized spacial score (nSPS) is 19.2. The molecule has 0 atom stereocenters. The van der Waals surface area contributed by atoms with Gasteiger partial charge in [0.05, 0.1) is 14.2 Å². The minimum Gasteiger partial charge on any atom is -0.495 e. The molecule has 4 nitrogen and oxygen atoms in total. The highest BCUT2D eigenvalue weighted by atomic mass is 16.7. The Morgan fingerprint density at radius 2 is 1.50 bits per heavy atom. The van der Waals surface area contributed by atoms with Crippen LogP contribution in [-0.4, -0.2) is 34.2 Å². The summed E-state index contributed by atoms with van der Waals surface area (Å²) < 4.78 is 21.8. The minimum absolute atomic E-state index is 0.299. The Labute approximate surface area is 110 Å². The molecule has 0 N–H and O–H groups in total. The summed E-state index contributed by atoms with van der Waals surface area (Å²) in [6.45, 7) is 2.18. The average Bonchev–Trinajstić information content (AvgIpc) is 2.43. The van der Waals surface area contributed by atoms with Crippen LogP contribution in [0, 0.1) is 5.92 Å². The molecule has 0 heterocycles. The van der Waals surface area contributed by atoms with Crippen LogP contribution < -0.4 is 0 Å². The Morgan fingerprint density at radius 1 is 1.00 bits per heavy atom. The smallest absolute Gasteiger partial charge is 0.287 e. The van der Waals surface area contributed by atoms with Crippen molar-refractivity contribution in [3.05, 3.63) is 23.7 Å². The first-order valence-electron chi connectivity index (χ1n) is 6.31. The van der Waals surface area contributed by atoms with Gasteiger partial charge in [-0.3, -0.25) is 0 Å². The number of rotatable bonds is 7. The zero-order chi connectivity index (χ0) is 13.6. The van der Waals surface area contributed by atoms with E-state index in [4.69, 9.17) is 18.9 Å². The Morgan fingerprint density at radius 3 is 1.83 bits per heavy atom. The third kappa shape index (κ3) is 2.70. The molecule has 0 bridgehead atoms. The SMILES string of the molecule is CCCCC1C=C(OC)C(OC)(OC)C(OC)=C1. The molecule has 18 heavy (non-hydrogen) atoms. The number of methoxy groups -OCH3 is 4. The molecular weight excluding hydrogens is 232 g/mol. The molecule has 1 aliphatic carbocycles. The lowest BCUT2D eigenvalue weighted by molar-refractivity contribution is -0.196. The monoisotopic (exact) mass is 256 g/mol. The predicted molar refractivity (Wildman–Crippen MR) is 69.9 cm³/mol. The average molecular weight is 256 g/mol. The Hall–Kier alpha value is -1.00. The van der Waals surface area contributed by atoms with Gasteiger partial charge in [0.15, 0.2) is 11.5 Å². The van der Waals surface area contributed by atoms with Crippen molar-refractivity contribution in [3.8, 4) is 0 Å². The molecular formula is C14H24O4. The van der Waals surface area contributed by atoms with Gasteiger partial charge in [0.2, 0.25) is 0 Å². The summed E-state index contributed by atoms with van der Waals surface area (Å²) in [5.41, 5.74) is 0. The molecule has 0 saturated carbocycles. The van der Waals surface area contributed by atoms with Crippen molar-refractivity contribution >= 4 is 0 Å². The molecule has 104 valence electrons. The zero-order valence-corrected chi connectivity index (χ0v) is 12.0. The fraction of sp³-hybridized carbons (Fsp3) is 0.714. The van der Waals surface area contributed by atoms with Gasteiger partial charge in [0.25, 0.3) is 5.79 Å². The summed E-state index contributed by atoms with van der Waals surface area (Å²) in [6.07, 6.45) is 7.50. The van der Waals surface area contributed by atoms with Gasteiger partial charge in [0.1, 0.15) is 0 Å². The lowest BCUT2D eigenvalue weighted by Gasteiger charge is -2.36. The molecule has 0 amide bonds. The summed E-state index contributed by atoms with van der Waals surface area (Å²) in [4.78, 5) is 0. The van der Waals surface area contributed by atoms with E-state index >= 15 is 0 Å². The van der Waals surface area contributed by atoms with Crippen LogP contribution in [0.5, 0.6) is 0 Å². The van der Waals surface area contributed by atoms with Gasteiger partial charge >= 0.3 is 0 Å². The molecule has 0 aromatic heterocycles. The lowest BCUT2D eigenvalue weighted by atomic mass is 9.92. The first kappa shape index (κ1) is 15.1. The molecule has 0 spiro atoms. The quantitative estimate of drug-likeness (QED) is 0.656. The molecule has 0 aliphatic heterocycles.